The number of aliphatic hydroxyl groups is 1. The highest BCUT2D eigenvalue weighted by atomic mass is 16.5. The lowest BCUT2D eigenvalue weighted by atomic mass is 9.94. The van der Waals surface area contributed by atoms with Crippen LogP contribution in [-0.2, 0) is 4.74 Å². The normalized spacial score (nSPS) is 14.5. The number of rotatable bonds is 4. The molecule has 0 saturated heterocycles. The fourth-order valence-electron chi connectivity index (χ4n) is 1.57. The summed E-state index contributed by atoms with van der Waals surface area (Å²) < 4.78 is 4.60. The molecule has 3 N–H and O–H groups in total. The molecule has 0 aliphatic rings. The number of hydrogen-bond donors (Lipinski definition) is 2. The van der Waals surface area contributed by atoms with E-state index in [9.17, 15) is 9.90 Å². The van der Waals surface area contributed by atoms with Gasteiger partial charge in [0, 0.05) is 0 Å². The second kappa shape index (κ2) is 5.80. The van der Waals surface area contributed by atoms with Crippen molar-refractivity contribution in [1.29, 1.82) is 0 Å². The highest BCUT2D eigenvalue weighted by Crippen LogP contribution is 2.20. The average Bonchev–Trinajstić information content (AvgIpc) is 2.36. The van der Waals surface area contributed by atoms with E-state index >= 15 is 0 Å². The predicted octanol–water partition coefficient (Wildman–Crippen LogP) is 1.49. The highest BCUT2D eigenvalue weighted by molar-refractivity contribution is 5.89. The molecule has 0 heterocycles. The van der Waals surface area contributed by atoms with Crippen molar-refractivity contribution in [3.05, 3.63) is 35.4 Å². The molecule has 4 nitrogen and oxygen atoms in total. The summed E-state index contributed by atoms with van der Waals surface area (Å²) in [5, 5.41) is 9.86. The Bertz CT molecular complexity index is 373. The molecule has 17 heavy (non-hydrogen) atoms. The molecule has 0 saturated carbocycles. The lowest BCUT2D eigenvalue weighted by Crippen LogP contribution is -2.30. The van der Waals surface area contributed by atoms with Gasteiger partial charge < -0.3 is 15.6 Å². The summed E-state index contributed by atoms with van der Waals surface area (Å²) in [6, 6.07) is 6.33. The van der Waals surface area contributed by atoms with E-state index in [2.05, 4.69) is 4.74 Å². The maximum absolute atomic E-state index is 11.2. The topological polar surface area (TPSA) is 72.5 Å². The van der Waals surface area contributed by atoms with Gasteiger partial charge in [0.15, 0.2) is 0 Å². The fraction of sp³-hybridized carbons (Fsp3) is 0.462. The molecule has 1 rings (SSSR count). The number of hydrogen-bond acceptors (Lipinski definition) is 4. The second-order valence-corrected chi connectivity index (χ2v) is 4.37. The number of carbonyl (C=O) groups excluding carboxylic acids is 1. The number of ether oxygens (including phenoxy) is 1. The smallest absolute Gasteiger partial charge is 0.337 e. The molecule has 0 aromatic heterocycles. The Morgan fingerprint density at radius 3 is 2.24 bits per heavy atom. The Morgan fingerprint density at radius 1 is 1.29 bits per heavy atom. The number of benzene rings is 1. The average molecular weight is 237 g/mol. The molecule has 4 heteroatoms. The predicted molar refractivity (Wildman–Crippen MR) is 65.6 cm³/mol. The maximum Gasteiger partial charge on any atom is 0.337 e. The van der Waals surface area contributed by atoms with Crippen molar-refractivity contribution in [3.63, 3.8) is 0 Å². The van der Waals surface area contributed by atoms with Gasteiger partial charge in [-0.25, -0.2) is 4.79 Å². The molecule has 0 aliphatic heterocycles. The lowest BCUT2D eigenvalue weighted by Gasteiger charge is -2.22. The van der Waals surface area contributed by atoms with Crippen LogP contribution in [0, 0.1) is 5.92 Å². The lowest BCUT2D eigenvalue weighted by molar-refractivity contribution is 0.0600. The molecular formula is C13H19NO3. The Morgan fingerprint density at radius 2 is 1.82 bits per heavy atom. The van der Waals surface area contributed by atoms with Crippen LogP contribution in [0.25, 0.3) is 0 Å². The summed E-state index contributed by atoms with van der Waals surface area (Å²) in [4.78, 5) is 11.2. The first kappa shape index (κ1) is 13.7. The third-order valence-corrected chi connectivity index (χ3v) is 2.77. The van der Waals surface area contributed by atoms with Gasteiger partial charge in [-0.15, -0.1) is 0 Å². The molecule has 0 spiro atoms. The van der Waals surface area contributed by atoms with Crippen LogP contribution in [0.5, 0.6) is 0 Å². The monoisotopic (exact) mass is 237 g/mol. The SMILES string of the molecule is COC(=O)c1ccc([C@@H](N)[C@@H](O)C(C)C)cc1. The summed E-state index contributed by atoms with van der Waals surface area (Å²) in [6.45, 7) is 3.82. The van der Waals surface area contributed by atoms with E-state index in [0.29, 0.717) is 5.56 Å². The minimum absolute atomic E-state index is 0.0882. The molecule has 1 aromatic rings. The standard InChI is InChI=1S/C13H19NO3/c1-8(2)12(15)11(14)9-4-6-10(7-5-9)13(16)17-3/h4-8,11-12,15H,14H2,1-3H3/t11-,12+/m1/s1. The molecular weight excluding hydrogens is 218 g/mol. The van der Waals surface area contributed by atoms with E-state index in [4.69, 9.17) is 5.73 Å². The van der Waals surface area contributed by atoms with Crippen LogP contribution < -0.4 is 5.73 Å². The first-order chi connectivity index (χ1) is 7.97. The Kier molecular flexibility index (Phi) is 4.66. The zero-order valence-electron chi connectivity index (χ0n) is 10.4. The summed E-state index contributed by atoms with van der Waals surface area (Å²) in [7, 11) is 1.34. The van der Waals surface area contributed by atoms with Crippen LogP contribution in [0.3, 0.4) is 0 Å². The molecule has 0 radical (unpaired) electrons. The van der Waals surface area contributed by atoms with Gasteiger partial charge in [-0.3, -0.25) is 0 Å². The molecule has 0 bridgehead atoms. The van der Waals surface area contributed by atoms with Crippen molar-refractivity contribution in [3.8, 4) is 0 Å². The molecule has 1 aromatic carbocycles. The summed E-state index contributed by atoms with van der Waals surface area (Å²) in [5.74, 6) is -0.292. The maximum atomic E-state index is 11.2. The van der Waals surface area contributed by atoms with Crippen molar-refractivity contribution in [2.45, 2.75) is 26.0 Å². The van der Waals surface area contributed by atoms with Gasteiger partial charge in [0.05, 0.1) is 24.8 Å². The van der Waals surface area contributed by atoms with E-state index in [1.54, 1.807) is 24.3 Å². The first-order valence-electron chi connectivity index (χ1n) is 5.59. The van der Waals surface area contributed by atoms with Gasteiger partial charge in [-0.05, 0) is 23.6 Å². The molecule has 0 amide bonds. The Balaban J connectivity index is 2.84. The molecule has 0 aliphatic carbocycles. The quantitative estimate of drug-likeness (QED) is 0.778. The highest BCUT2D eigenvalue weighted by Gasteiger charge is 2.20. The largest absolute Gasteiger partial charge is 0.465 e. The molecule has 2 atom stereocenters. The zero-order valence-corrected chi connectivity index (χ0v) is 10.4. The van der Waals surface area contributed by atoms with Crippen LogP contribution >= 0.6 is 0 Å². The van der Waals surface area contributed by atoms with E-state index in [1.807, 2.05) is 13.8 Å². The third-order valence-electron chi connectivity index (χ3n) is 2.77. The number of methoxy groups -OCH3 is 1. The summed E-state index contributed by atoms with van der Waals surface area (Å²) in [6.07, 6.45) is -0.598. The second-order valence-electron chi connectivity index (χ2n) is 4.37. The minimum atomic E-state index is -0.598. The zero-order chi connectivity index (χ0) is 13.0. The summed E-state index contributed by atoms with van der Waals surface area (Å²) in [5.41, 5.74) is 7.21. The van der Waals surface area contributed by atoms with E-state index in [0.717, 1.165) is 5.56 Å². The number of carbonyl (C=O) groups is 1. The van der Waals surface area contributed by atoms with Gasteiger partial charge in [-0.1, -0.05) is 26.0 Å². The van der Waals surface area contributed by atoms with Crippen molar-refractivity contribution < 1.29 is 14.6 Å². The van der Waals surface area contributed by atoms with Crippen molar-refractivity contribution in [1.82, 2.24) is 0 Å². The van der Waals surface area contributed by atoms with Crippen LogP contribution in [0.1, 0.15) is 35.8 Å². The van der Waals surface area contributed by atoms with Crippen LogP contribution in [0.15, 0.2) is 24.3 Å². The molecule has 94 valence electrons. The Hall–Kier alpha value is -1.39. The Labute approximate surface area is 101 Å². The van der Waals surface area contributed by atoms with Gasteiger partial charge in [0.1, 0.15) is 0 Å². The van der Waals surface area contributed by atoms with Crippen molar-refractivity contribution in [2.75, 3.05) is 7.11 Å². The molecule has 0 fully saturated rings. The van der Waals surface area contributed by atoms with E-state index < -0.39 is 12.1 Å². The van der Waals surface area contributed by atoms with Crippen molar-refractivity contribution in [2.24, 2.45) is 11.7 Å². The fourth-order valence-corrected chi connectivity index (χ4v) is 1.57. The van der Waals surface area contributed by atoms with Crippen LogP contribution in [-0.4, -0.2) is 24.3 Å². The molecule has 0 unspecified atom stereocenters. The summed E-state index contributed by atoms with van der Waals surface area (Å²) >= 11 is 0. The van der Waals surface area contributed by atoms with Crippen LogP contribution in [0.2, 0.25) is 0 Å². The first-order valence-corrected chi connectivity index (χ1v) is 5.59. The van der Waals surface area contributed by atoms with Gasteiger partial charge in [-0.2, -0.15) is 0 Å². The number of esters is 1. The third kappa shape index (κ3) is 3.28. The van der Waals surface area contributed by atoms with Crippen LogP contribution in [0.4, 0.5) is 0 Å². The van der Waals surface area contributed by atoms with Crippen molar-refractivity contribution >= 4 is 5.97 Å². The van der Waals surface area contributed by atoms with E-state index in [1.165, 1.54) is 7.11 Å². The van der Waals surface area contributed by atoms with Gasteiger partial charge >= 0.3 is 5.97 Å². The van der Waals surface area contributed by atoms with Gasteiger partial charge in [0.2, 0.25) is 0 Å². The number of aliphatic hydroxyl groups excluding tert-OH is 1. The van der Waals surface area contributed by atoms with E-state index in [-0.39, 0.29) is 11.9 Å². The van der Waals surface area contributed by atoms with Gasteiger partial charge in [0.25, 0.3) is 0 Å². The number of nitrogens with two attached hydrogens (primary N) is 1. The minimum Gasteiger partial charge on any atom is -0.465 e.